The number of benzene rings is 2. The number of hydrogen-bond acceptors (Lipinski definition) is 4. The van der Waals surface area contributed by atoms with Crippen LogP contribution in [0.25, 0.3) is 17.5 Å². The van der Waals surface area contributed by atoms with Crippen LogP contribution in [-0.2, 0) is 11.2 Å². The van der Waals surface area contributed by atoms with Crippen molar-refractivity contribution in [1.29, 1.82) is 0 Å². The van der Waals surface area contributed by atoms with Gasteiger partial charge in [-0.05, 0) is 48.6 Å². The number of aromatic nitrogens is 2. The second kappa shape index (κ2) is 9.22. The van der Waals surface area contributed by atoms with Gasteiger partial charge in [0.15, 0.2) is 0 Å². The molecule has 1 amide bonds. The van der Waals surface area contributed by atoms with Crippen molar-refractivity contribution in [2.75, 3.05) is 13.1 Å². The molecule has 1 aliphatic heterocycles. The van der Waals surface area contributed by atoms with E-state index in [1.807, 2.05) is 23.1 Å². The summed E-state index contributed by atoms with van der Waals surface area (Å²) in [5.41, 5.74) is 1.13. The van der Waals surface area contributed by atoms with E-state index in [1.54, 1.807) is 36.4 Å². The van der Waals surface area contributed by atoms with Gasteiger partial charge in [0.1, 0.15) is 5.82 Å². The average molecular weight is 426 g/mol. The molecule has 1 atom stereocenters. The summed E-state index contributed by atoms with van der Waals surface area (Å²) >= 11 is 6.14. The number of carbonyl (C=O) groups excluding carboxylic acids is 1. The van der Waals surface area contributed by atoms with Crippen molar-refractivity contribution in [1.82, 2.24) is 15.0 Å². The predicted octanol–water partition coefficient (Wildman–Crippen LogP) is 5.02. The second-order valence-electron chi connectivity index (χ2n) is 7.34. The van der Waals surface area contributed by atoms with Crippen LogP contribution >= 0.6 is 11.6 Å². The highest BCUT2D eigenvalue weighted by Gasteiger charge is 2.25. The Hall–Kier alpha value is -2.99. The van der Waals surface area contributed by atoms with Crippen molar-refractivity contribution in [3.63, 3.8) is 0 Å². The molecule has 2 aromatic carbocycles. The molecule has 1 saturated heterocycles. The molecular formula is C23H21ClFN3O2. The molecule has 1 aliphatic rings. The lowest BCUT2D eigenvalue weighted by Gasteiger charge is -2.31. The quantitative estimate of drug-likeness (QED) is 0.538. The molecule has 0 saturated carbocycles. The molecule has 3 aromatic rings. The van der Waals surface area contributed by atoms with Crippen LogP contribution in [-0.4, -0.2) is 34.0 Å². The van der Waals surface area contributed by atoms with Crippen molar-refractivity contribution >= 4 is 23.6 Å². The minimum Gasteiger partial charge on any atom is -0.339 e. The van der Waals surface area contributed by atoms with E-state index in [-0.39, 0.29) is 23.5 Å². The number of hydrogen-bond donors (Lipinski definition) is 0. The average Bonchev–Trinajstić information content (AvgIpc) is 3.21. The SMILES string of the molecule is O=C(C=Cc1ccccc1Cl)N1CCCC(Cc2nc(-c3ccccc3F)no2)C1. The number of carbonyl (C=O) groups is 1. The number of amides is 1. The molecule has 0 aliphatic carbocycles. The molecule has 1 fully saturated rings. The fraction of sp³-hybridized carbons (Fsp3) is 0.261. The minimum absolute atomic E-state index is 0.0443. The van der Waals surface area contributed by atoms with Gasteiger partial charge in [-0.2, -0.15) is 4.98 Å². The molecule has 0 spiro atoms. The van der Waals surface area contributed by atoms with E-state index in [0.717, 1.165) is 18.4 Å². The summed E-state index contributed by atoms with van der Waals surface area (Å²) in [4.78, 5) is 18.8. The maximum absolute atomic E-state index is 13.9. The van der Waals surface area contributed by atoms with E-state index >= 15 is 0 Å². The van der Waals surface area contributed by atoms with Gasteiger partial charge in [0, 0.05) is 30.6 Å². The van der Waals surface area contributed by atoms with Gasteiger partial charge in [-0.3, -0.25) is 4.79 Å². The lowest BCUT2D eigenvalue weighted by Crippen LogP contribution is -2.39. The van der Waals surface area contributed by atoms with Crippen LogP contribution < -0.4 is 0 Å². The first-order valence-corrected chi connectivity index (χ1v) is 10.3. The first-order valence-electron chi connectivity index (χ1n) is 9.89. The Bertz CT molecular complexity index is 1070. The smallest absolute Gasteiger partial charge is 0.246 e. The van der Waals surface area contributed by atoms with Crippen LogP contribution in [0.15, 0.2) is 59.1 Å². The highest BCUT2D eigenvalue weighted by molar-refractivity contribution is 6.32. The monoisotopic (exact) mass is 425 g/mol. The van der Waals surface area contributed by atoms with Crippen LogP contribution in [0.1, 0.15) is 24.3 Å². The standard InChI is InChI=1S/C23H21ClFN3O2/c24-19-9-3-1-7-17(19)11-12-22(29)28-13-5-6-16(15-28)14-21-26-23(27-30-21)18-8-2-4-10-20(18)25/h1-4,7-12,16H,5-6,13-15H2. The number of rotatable bonds is 5. The molecule has 2 heterocycles. The predicted molar refractivity (Wildman–Crippen MR) is 113 cm³/mol. The third-order valence-electron chi connectivity index (χ3n) is 5.19. The Labute approximate surface area is 179 Å². The van der Waals surface area contributed by atoms with Gasteiger partial charge in [-0.1, -0.05) is 47.1 Å². The molecule has 1 unspecified atom stereocenters. The summed E-state index contributed by atoms with van der Waals surface area (Å²) in [6, 6.07) is 13.7. The fourth-order valence-corrected chi connectivity index (χ4v) is 3.84. The Kier molecular flexibility index (Phi) is 6.23. The minimum atomic E-state index is -0.385. The first kappa shape index (κ1) is 20.3. The van der Waals surface area contributed by atoms with Crippen molar-refractivity contribution in [3.05, 3.63) is 76.9 Å². The molecule has 0 radical (unpaired) electrons. The van der Waals surface area contributed by atoms with Crippen LogP contribution in [0.5, 0.6) is 0 Å². The van der Waals surface area contributed by atoms with Crippen molar-refractivity contribution < 1.29 is 13.7 Å². The summed E-state index contributed by atoms with van der Waals surface area (Å²) in [6.45, 7) is 1.33. The molecule has 5 nitrogen and oxygen atoms in total. The third-order valence-corrected chi connectivity index (χ3v) is 5.53. The largest absolute Gasteiger partial charge is 0.339 e. The lowest BCUT2D eigenvalue weighted by atomic mass is 9.94. The normalized spacial score (nSPS) is 16.9. The third kappa shape index (κ3) is 4.76. The zero-order valence-corrected chi connectivity index (χ0v) is 17.1. The summed E-state index contributed by atoms with van der Waals surface area (Å²) in [5.74, 6) is 0.487. The molecule has 154 valence electrons. The Morgan fingerprint density at radius 1 is 1.23 bits per heavy atom. The number of piperidine rings is 1. The molecular weight excluding hydrogens is 405 g/mol. The maximum Gasteiger partial charge on any atom is 0.246 e. The van der Waals surface area contributed by atoms with Gasteiger partial charge >= 0.3 is 0 Å². The van der Waals surface area contributed by atoms with Crippen molar-refractivity contribution in [2.45, 2.75) is 19.3 Å². The van der Waals surface area contributed by atoms with E-state index in [0.29, 0.717) is 36.0 Å². The van der Waals surface area contributed by atoms with Crippen LogP contribution in [0.2, 0.25) is 5.02 Å². The van der Waals surface area contributed by atoms with Crippen molar-refractivity contribution in [2.24, 2.45) is 5.92 Å². The van der Waals surface area contributed by atoms with E-state index in [9.17, 15) is 9.18 Å². The van der Waals surface area contributed by atoms with Crippen LogP contribution in [0.4, 0.5) is 4.39 Å². The first-order chi connectivity index (χ1) is 14.6. The summed E-state index contributed by atoms with van der Waals surface area (Å²) in [5, 5.41) is 4.52. The highest BCUT2D eigenvalue weighted by Crippen LogP contribution is 2.24. The summed E-state index contributed by atoms with van der Waals surface area (Å²) < 4.78 is 19.3. The van der Waals surface area contributed by atoms with Gasteiger partial charge in [0.25, 0.3) is 0 Å². The zero-order chi connectivity index (χ0) is 20.9. The molecule has 7 heteroatoms. The summed E-state index contributed by atoms with van der Waals surface area (Å²) in [6.07, 6.45) is 5.74. The maximum atomic E-state index is 13.9. The van der Waals surface area contributed by atoms with E-state index in [2.05, 4.69) is 10.1 Å². The summed E-state index contributed by atoms with van der Waals surface area (Å²) in [7, 11) is 0. The Morgan fingerprint density at radius 2 is 2.03 bits per heavy atom. The van der Waals surface area contributed by atoms with E-state index < -0.39 is 0 Å². The van der Waals surface area contributed by atoms with E-state index in [1.165, 1.54) is 6.07 Å². The number of likely N-dealkylation sites (tertiary alicyclic amines) is 1. The molecule has 1 aromatic heterocycles. The van der Waals surface area contributed by atoms with E-state index in [4.69, 9.17) is 16.1 Å². The molecule has 30 heavy (non-hydrogen) atoms. The zero-order valence-electron chi connectivity index (χ0n) is 16.3. The lowest BCUT2D eigenvalue weighted by molar-refractivity contribution is -0.127. The molecule has 4 rings (SSSR count). The topological polar surface area (TPSA) is 59.2 Å². The molecule has 0 bridgehead atoms. The Morgan fingerprint density at radius 3 is 2.87 bits per heavy atom. The van der Waals surface area contributed by atoms with Gasteiger partial charge < -0.3 is 9.42 Å². The fourth-order valence-electron chi connectivity index (χ4n) is 3.65. The van der Waals surface area contributed by atoms with Crippen LogP contribution in [0, 0.1) is 11.7 Å². The van der Waals surface area contributed by atoms with Gasteiger partial charge in [0.05, 0.1) is 5.56 Å². The van der Waals surface area contributed by atoms with Gasteiger partial charge in [0.2, 0.25) is 17.6 Å². The number of halogens is 2. The van der Waals surface area contributed by atoms with Gasteiger partial charge in [-0.15, -0.1) is 0 Å². The second-order valence-corrected chi connectivity index (χ2v) is 7.75. The number of nitrogens with zero attached hydrogens (tertiary/aromatic N) is 3. The van der Waals surface area contributed by atoms with Crippen LogP contribution in [0.3, 0.4) is 0 Å². The van der Waals surface area contributed by atoms with Crippen molar-refractivity contribution in [3.8, 4) is 11.4 Å². The highest BCUT2D eigenvalue weighted by atomic mass is 35.5. The Balaban J connectivity index is 1.38. The molecule has 0 N–H and O–H groups in total. The van der Waals surface area contributed by atoms with Gasteiger partial charge in [-0.25, -0.2) is 4.39 Å².